The van der Waals surface area contributed by atoms with Crippen molar-refractivity contribution >= 4 is 17.5 Å². The van der Waals surface area contributed by atoms with Gasteiger partial charge >= 0.3 is 0 Å². The molecule has 0 fully saturated rings. The van der Waals surface area contributed by atoms with Gasteiger partial charge in [0.25, 0.3) is 5.91 Å². The third-order valence-electron chi connectivity index (χ3n) is 5.37. The molecule has 0 aromatic heterocycles. The van der Waals surface area contributed by atoms with Crippen LogP contribution in [0.15, 0.2) is 72.8 Å². The molecule has 170 valence electrons. The van der Waals surface area contributed by atoms with E-state index in [2.05, 4.69) is 5.32 Å². The average molecular weight is 444 g/mol. The second-order valence-corrected chi connectivity index (χ2v) is 8.31. The third kappa shape index (κ3) is 7.14. The van der Waals surface area contributed by atoms with Crippen LogP contribution in [0, 0.1) is 13.8 Å². The summed E-state index contributed by atoms with van der Waals surface area (Å²) in [6, 6.07) is 21.6. The highest BCUT2D eigenvalue weighted by molar-refractivity contribution is 6.00. The lowest BCUT2D eigenvalue weighted by atomic mass is 10.0. The summed E-state index contributed by atoms with van der Waals surface area (Å²) < 4.78 is 5.67. The Morgan fingerprint density at radius 3 is 1.94 bits per heavy atom. The van der Waals surface area contributed by atoms with E-state index in [4.69, 9.17) is 4.74 Å². The first-order valence-electron chi connectivity index (χ1n) is 11.0. The SMILES string of the molecule is Cc1ccc(CC(=O)COc2ccccc2C(=O)N[C@H](C)C(=O)Cc2ccc(C)cc2)cc1. The third-order valence-corrected chi connectivity index (χ3v) is 5.37. The number of ketones is 2. The molecule has 1 atom stereocenters. The maximum atomic E-state index is 12.8. The Morgan fingerprint density at radius 2 is 1.33 bits per heavy atom. The molecule has 3 rings (SSSR count). The Labute approximate surface area is 194 Å². The van der Waals surface area contributed by atoms with Crippen LogP contribution >= 0.6 is 0 Å². The van der Waals surface area contributed by atoms with E-state index in [0.717, 1.165) is 22.3 Å². The second-order valence-electron chi connectivity index (χ2n) is 8.31. The zero-order valence-electron chi connectivity index (χ0n) is 19.3. The number of carbonyl (C=O) groups excluding carboxylic acids is 3. The summed E-state index contributed by atoms with van der Waals surface area (Å²) in [5, 5.41) is 2.75. The zero-order valence-corrected chi connectivity index (χ0v) is 19.3. The second kappa shape index (κ2) is 11.2. The molecule has 1 amide bonds. The molecule has 0 unspecified atom stereocenters. The van der Waals surface area contributed by atoms with Gasteiger partial charge in [0.15, 0.2) is 11.6 Å². The number of Topliss-reactive ketones (excluding diaryl/α,β-unsaturated/α-hetero) is 2. The Kier molecular flexibility index (Phi) is 8.14. The smallest absolute Gasteiger partial charge is 0.255 e. The molecule has 5 heteroatoms. The lowest BCUT2D eigenvalue weighted by Crippen LogP contribution is -2.39. The fourth-order valence-electron chi connectivity index (χ4n) is 3.34. The Bertz CT molecular complexity index is 1120. The van der Waals surface area contributed by atoms with Gasteiger partial charge in [0.2, 0.25) is 0 Å². The van der Waals surface area contributed by atoms with E-state index in [1.54, 1.807) is 31.2 Å². The average Bonchev–Trinajstić information content (AvgIpc) is 2.80. The van der Waals surface area contributed by atoms with Crippen molar-refractivity contribution in [1.82, 2.24) is 5.32 Å². The first-order valence-corrected chi connectivity index (χ1v) is 11.0. The van der Waals surface area contributed by atoms with Gasteiger partial charge in [0, 0.05) is 12.8 Å². The number of benzene rings is 3. The normalized spacial score (nSPS) is 11.5. The van der Waals surface area contributed by atoms with Crippen molar-refractivity contribution < 1.29 is 19.1 Å². The summed E-state index contributed by atoms with van der Waals surface area (Å²) in [6.45, 7) is 5.51. The first-order chi connectivity index (χ1) is 15.8. The van der Waals surface area contributed by atoms with E-state index in [0.29, 0.717) is 5.75 Å². The molecule has 1 N–H and O–H groups in total. The maximum absolute atomic E-state index is 12.8. The number of aryl methyl sites for hydroxylation is 2. The molecule has 0 saturated heterocycles. The fraction of sp³-hybridized carbons (Fsp3) is 0.250. The van der Waals surface area contributed by atoms with Crippen LogP contribution < -0.4 is 10.1 Å². The van der Waals surface area contributed by atoms with Crippen LogP contribution in [0.3, 0.4) is 0 Å². The maximum Gasteiger partial charge on any atom is 0.255 e. The van der Waals surface area contributed by atoms with Crippen molar-refractivity contribution in [3.8, 4) is 5.75 Å². The highest BCUT2D eigenvalue weighted by Gasteiger charge is 2.20. The summed E-state index contributed by atoms with van der Waals surface area (Å²) in [4.78, 5) is 37.7. The number of hydrogen-bond acceptors (Lipinski definition) is 4. The molecule has 5 nitrogen and oxygen atoms in total. The highest BCUT2D eigenvalue weighted by Crippen LogP contribution is 2.18. The number of nitrogens with one attached hydrogen (secondary N) is 1. The number of ether oxygens (including phenoxy) is 1. The van der Waals surface area contributed by atoms with Crippen molar-refractivity contribution in [1.29, 1.82) is 0 Å². The van der Waals surface area contributed by atoms with E-state index in [-0.39, 0.29) is 36.6 Å². The lowest BCUT2D eigenvalue weighted by molar-refractivity contribution is -0.120. The first kappa shape index (κ1) is 23.9. The van der Waals surface area contributed by atoms with E-state index in [9.17, 15) is 14.4 Å². The van der Waals surface area contributed by atoms with E-state index >= 15 is 0 Å². The minimum absolute atomic E-state index is 0.0844. The van der Waals surface area contributed by atoms with E-state index < -0.39 is 11.9 Å². The monoisotopic (exact) mass is 443 g/mol. The summed E-state index contributed by atoms with van der Waals surface area (Å²) in [5.74, 6) is -0.277. The van der Waals surface area contributed by atoms with Crippen molar-refractivity contribution in [3.63, 3.8) is 0 Å². The van der Waals surface area contributed by atoms with Crippen LogP contribution in [0.25, 0.3) is 0 Å². The number of para-hydroxylation sites is 1. The molecule has 33 heavy (non-hydrogen) atoms. The minimum atomic E-state index is -0.657. The van der Waals surface area contributed by atoms with E-state index in [1.807, 2.05) is 62.4 Å². The summed E-state index contributed by atoms with van der Waals surface area (Å²) in [5.41, 5.74) is 4.37. The van der Waals surface area contributed by atoms with Gasteiger partial charge in [0.05, 0.1) is 11.6 Å². The molecule has 3 aromatic rings. The molecule has 0 radical (unpaired) electrons. The van der Waals surface area contributed by atoms with Crippen molar-refractivity contribution in [2.24, 2.45) is 0 Å². The van der Waals surface area contributed by atoms with Gasteiger partial charge in [-0.15, -0.1) is 0 Å². The van der Waals surface area contributed by atoms with Crippen LogP contribution in [0.1, 0.15) is 39.5 Å². The molecule has 0 heterocycles. The molecule has 0 spiro atoms. The van der Waals surface area contributed by atoms with Gasteiger partial charge < -0.3 is 10.1 Å². The van der Waals surface area contributed by atoms with Gasteiger partial charge in [0.1, 0.15) is 12.4 Å². The standard InChI is InChI=1S/C28H29NO4/c1-19-8-12-22(13-9-19)16-24(30)18-33-27-7-5-4-6-25(27)28(32)29-21(3)26(31)17-23-14-10-20(2)11-15-23/h4-15,21H,16-18H2,1-3H3,(H,29,32)/t21-/m1/s1. The van der Waals surface area contributed by atoms with Crippen LogP contribution in [0.2, 0.25) is 0 Å². The predicted molar refractivity (Wildman–Crippen MR) is 129 cm³/mol. The van der Waals surface area contributed by atoms with Crippen LogP contribution in [-0.2, 0) is 22.4 Å². The highest BCUT2D eigenvalue weighted by atomic mass is 16.5. The molecular formula is C28H29NO4. The van der Waals surface area contributed by atoms with E-state index in [1.165, 1.54) is 0 Å². The molecule has 0 aliphatic heterocycles. The Balaban J connectivity index is 1.57. The van der Waals surface area contributed by atoms with Gasteiger partial charge in [-0.05, 0) is 44.0 Å². The molecule has 0 saturated carbocycles. The number of carbonyl (C=O) groups is 3. The summed E-state index contributed by atoms with van der Waals surface area (Å²) in [7, 11) is 0. The van der Waals surface area contributed by atoms with Gasteiger partial charge in [-0.25, -0.2) is 0 Å². The summed E-state index contributed by atoms with van der Waals surface area (Å²) >= 11 is 0. The fourth-order valence-corrected chi connectivity index (χ4v) is 3.34. The Hall–Kier alpha value is -3.73. The molecular weight excluding hydrogens is 414 g/mol. The van der Waals surface area contributed by atoms with Crippen LogP contribution in [0.5, 0.6) is 5.75 Å². The molecule has 0 bridgehead atoms. The number of hydrogen-bond donors (Lipinski definition) is 1. The quantitative estimate of drug-likeness (QED) is 0.503. The van der Waals surface area contributed by atoms with Crippen molar-refractivity contribution in [2.45, 2.75) is 39.7 Å². The van der Waals surface area contributed by atoms with Gasteiger partial charge in [-0.1, -0.05) is 71.8 Å². The molecule has 3 aromatic carbocycles. The summed E-state index contributed by atoms with van der Waals surface area (Å²) in [6.07, 6.45) is 0.507. The topological polar surface area (TPSA) is 72.5 Å². The minimum Gasteiger partial charge on any atom is -0.485 e. The molecule has 0 aliphatic rings. The molecule has 0 aliphatic carbocycles. The van der Waals surface area contributed by atoms with Crippen molar-refractivity contribution in [3.05, 3.63) is 101 Å². The van der Waals surface area contributed by atoms with Gasteiger partial charge in [-0.3, -0.25) is 14.4 Å². The Morgan fingerprint density at radius 1 is 0.788 bits per heavy atom. The lowest BCUT2D eigenvalue weighted by Gasteiger charge is -2.15. The predicted octanol–water partition coefficient (Wildman–Crippen LogP) is 4.42. The van der Waals surface area contributed by atoms with Crippen LogP contribution in [-0.4, -0.2) is 30.1 Å². The largest absolute Gasteiger partial charge is 0.485 e. The van der Waals surface area contributed by atoms with Gasteiger partial charge in [-0.2, -0.15) is 0 Å². The zero-order chi connectivity index (χ0) is 23.8. The van der Waals surface area contributed by atoms with Crippen LogP contribution in [0.4, 0.5) is 0 Å². The van der Waals surface area contributed by atoms with Crippen molar-refractivity contribution in [2.75, 3.05) is 6.61 Å². The number of rotatable bonds is 10. The number of amides is 1.